The predicted molar refractivity (Wildman–Crippen MR) is 105 cm³/mol. The Morgan fingerprint density at radius 1 is 0.833 bits per heavy atom. The van der Waals surface area contributed by atoms with Gasteiger partial charge >= 0.3 is 6.18 Å². The SMILES string of the molecule is CC1(C(OO)C2(C(F)(F)F)CC3CC2C2C4CCC(C4)C32)C2CC3CC(C2)CC1C3. The normalized spacial score (nSPS) is 61.1. The predicted octanol–water partition coefficient (Wildman–Crippen LogP) is 6.56. The van der Waals surface area contributed by atoms with Crippen molar-refractivity contribution in [3.63, 3.8) is 0 Å². The van der Waals surface area contributed by atoms with Gasteiger partial charge in [0.05, 0.1) is 5.41 Å². The van der Waals surface area contributed by atoms with Crippen molar-refractivity contribution in [2.75, 3.05) is 0 Å². The van der Waals surface area contributed by atoms with E-state index in [1.807, 2.05) is 0 Å². The molecule has 8 bridgehead atoms. The van der Waals surface area contributed by atoms with Gasteiger partial charge in [0.15, 0.2) is 0 Å². The van der Waals surface area contributed by atoms with Gasteiger partial charge in [0.1, 0.15) is 6.10 Å². The van der Waals surface area contributed by atoms with Crippen molar-refractivity contribution >= 4 is 0 Å². The number of hydrogen-bond acceptors (Lipinski definition) is 2. The topological polar surface area (TPSA) is 29.5 Å². The Balaban J connectivity index is 1.33. The van der Waals surface area contributed by atoms with E-state index < -0.39 is 23.1 Å². The molecule has 2 nitrogen and oxygen atoms in total. The van der Waals surface area contributed by atoms with Gasteiger partial charge in [-0.3, -0.25) is 5.26 Å². The molecule has 0 spiro atoms. The van der Waals surface area contributed by atoms with E-state index in [1.54, 1.807) is 0 Å². The zero-order valence-corrected chi connectivity index (χ0v) is 17.9. The monoisotopic (exact) mass is 424 g/mol. The fourth-order valence-corrected chi connectivity index (χ4v) is 11.8. The molecule has 8 aliphatic carbocycles. The van der Waals surface area contributed by atoms with Gasteiger partial charge < -0.3 is 0 Å². The van der Waals surface area contributed by atoms with Gasteiger partial charge in [-0.1, -0.05) is 6.92 Å². The fraction of sp³-hybridized carbons (Fsp3) is 1.00. The summed E-state index contributed by atoms with van der Waals surface area (Å²) in [6, 6.07) is 0. The molecule has 8 atom stereocenters. The maximum absolute atomic E-state index is 15.2. The van der Waals surface area contributed by atoms with Crippen LogP contribution in [0.5, 0.6) is 0 Å². The molecule has 30 heavy (non-hydrogen) atoms. The van der Waals surface area contributed by atoms with Gasteiger partial charge in [0.25, 0.3) is 0 Å². The maximum Gasteiger partial charge on any atom is 0.397 e. The molecule has 0 heterocycles. The van der Waals surface area contributed by atoms with Gasteiger partial charge in [-0.2, -0.15) is 13.2 Å². The van der Waals surface area contributed by atoms with Crippen molar-refractivity contribution in [2.45, 2.75) is 83.4 Å². The van der Waals surface area contributed by atoms with Crippen molar-refractivity contribution in [3.8, 4) is 0 Å². The van der Waals surface area contributed by atoms with Crippen LogP contribution in [0.15, 0.2) is 0 Å². The molecular weight excluding hydrogens is 389 g/mol. The highest BCUT2D eigenvalue weighted by Gasteiger charge is 2.79. The Bertz CT molecular complexity index is 721. The van der Waals surface area contributed by atoms with Crippen molar-refractivity contribution in [1.82, 2.24) is 0 Å². The van der Waals surface area contributed by atoms with Crippen LogP contribution < -0.4 is 0 Å². The first kappa shape index (κ1) is 19.2. The summed E-state index contributed by atoms with van der Waals surface area (Å²) in [5.74, 6) is 3.70. The highest BCUT2D eigenvalue weighted by atomic mass is 19.4. The number of halogens is 3. The highest BCUT2D eigenvalue weighted by Crippen LogP contribution is 2.78. The first-order valence-electron chi connectivity index (χ1n) is 12.6. The molecule has 0 saturated heterocycles. The molecule has 168 valence electrons. The molecule has 8 fully saturated rings. The van der Waals surface area contributed by atoms with E-state index in [0.29, 0.717) is 29.6 Å². The summed E-state index contributed by atoms with van der Waals surface area (Å²) in [6.45, 7) is 2.08. The van der Waals surface area contributed by atoms with Crippen LogP contribution in [0.25, 0.3) is 0 Å². The molecule has 0 radical (unpaired) electrons. The molecule has 8 rings (SSSR count). The van der Waals surface area contributed by atoms with Gasteiger partial charge in [0, 0.05) is 5.41 Å². The standard InChI is InChI=1S/C25H35F3O2/c1-23(17-5-12-4-13(7-17)8-18(23)6-12)22(30-29)24(25(26,27)28)11-16-10-19(24)21-15-3-2-14(9-15)20(16)21/h12-22,29H,2-11H2,1H3. The minimum absolute atomic E-state index is 0.190. The molecule has 8 unspecified atom stereocenters. The Kier molecular flexibility index (Phi) is 3.71. The average Bonchev–Trinajstić information content (AvgIpc) is 3.44. The molecule has 8 aliphatic rings. The summed E-state index contributed by atoms with van der Waals surface area (Å²) in [7, 11) is 0. The van der Waals surface area contributed by atoms with Crippen molar-refractivity contribution in [1.29, 1.82) is 0 Å². The van der Waals surface area contributed by atoms with Crippen LogP contribution >= 0.6 is 0 Å². The van der Waals surface area contributed by atoms with Crippen LogP contribution in [0, 0.1) is 70.0 Å². The summed E-state index contributed by atoms with van der Waals surface area (Å²) in [4.78, 5) is 5.15. The van der Waals surface area contributed by atoms with Gasteiger partial charge in [-0.25, -0.2) is 4.89 Å². The molecule has 0 aromatic carbocycles. The second-order valence-electron chi connectivity index (χ2n) is 13.0. The van der Waals surface area contributed by atoms with Crippen LogP contribution in [-0.2, 0) is 4.89 Å². The molecule has 0 aromatic heterocycles. The Hall–Kier alpha value is -0.290. The summed E-state index contributed by atoms with van der Waals surface area (Å²) >= 11 is 0. The molecule has 1 N–H and O–H groups in total. The van der Waals surface area contributed by atoms with E-state index in [4.69, 9.17) is 4.89 Å². The minimum atomic E-state index is -4.32. The summed E-state index contributed by atoms with van der Waals surface area (Å²) in [5, 5.41) is 10.3. The fourth-order valence-electron chi connectivity index (χ4n) is 11.8. The van der Waals surface area contributed by atoms with Crippen LogP contribution in [0.1, 0.15) is 71.1 Å². The van der Waals surface area contributed by atoms with Crippen LogP contribution in [0.3, 0.4) is 0 Å². The second kappa shape index (κ2) is 5.79. The van der Waals surface area contributed by atoms with E-state index in [-0.39, 0.29) is 36.0 Å². The lowest BCUT2D eigenvalue weighted by Crippen LogP contribution is -2.66. The van der Waals surface area contributed by atoms with Crippen molar-refractivity contribution in [3.05, 3.63) is 0 Å². The zero-order chi connectivity index (χ0) is 20.6. The van der Waals surface area contributed by atoms with Crippen LogP contribution in [0.4, 0.5) is 13.2 Å². The molecule has 0 aromatic rings. The Labute approximate surface area is 177 Å². The van der Waals surface area contributed by atoms with E-state index >= 15 is 13.2 Å². The lowest BCUT2D eigenvalue weighted by atomic mass is 9.41. The van der Waals surface area contributed by atoms with E-state index in [9.17, 15) is 5.26 Å². The van der Waals surface area contributed by atoms with Crippen molar-refractivity contribution < 1.29 is 23.3 Å². The Morgan fingerprint density at radius 3 is 2.00 bits per heavy atom. The van der Waals surface area contributed by atoms with Crippen LogP contribution in [-0.4, -0.2) is 17.5 Å². The third-order valence-corrected chi connectivity index (χ3v) is 12.4. The lowest BCUT2D eigenvalue weighted by Gasteiger charge is -2.65. The Morgan fingerprint density at radius 2 is 1.43 bits per heavy atom. The van der Waals surface area contributed by atoms with E-state index in [0.717, 1.165) is 44.9 Å². The minimum Gasteiger partial charge on any atom is -0.251 e. The van der Waals surface area contributed by atoms with Crippen LogP contribution in [0.2, 0.25) is 0 Å². The molecule has 8 saturated carbocycles. The smallest absolute Gasteiger partial charge is 0.251 e. The van der Waals surface area contributed by atoms with Crippen molar-refractivity contribution in [2.24, 2.45) is 70.0 Å². The maximum atomic E-state index is 15.2. The van der Waals surface area contributed by atoms with Gasteiger partial charge in [-0.05, 0) is 123 Å². The van der Waals surface area contributed by atoms with E-state index in [2.05, 4.69) is 6.92 Å². The van der Waals surface area contributed by atoms with E-state index in [1.165, 1.54) is 12.8 Å². The first-order valence-corrected chi connectivity index (χ1v) is 12.6. The average molecular weight is 425 g/mol. The molecule has 0 amide bonds. The molecular formula is C25H35F3O2. The van der Waals surface area contributed by atoms with Gasteiger partial charge in [-0.15, -0.1) is 0 Å². The highest BCUT2D eigenvalue weighted by molar-refractivity contribution is 5.22. The summed E-state index contributed by atoms with van der Waals surface area (Å²) in [6.07, 6.45) is 4.49. The number of alkyl halides is 3. The third kappa shape index (κ3) is 2.03. The van der Waals surface area contributed by atoms with Gasteiger partial charge in [0.2, 0.25) is 0 Å². The quantitative estimate of drug-likeness (QED) is 0.316. The number of hydrogen-bond donors (Lipinski definition) is 1. The molecule has 0 aliphatic heterocycles. The zero-order valence-electron chi connectivity index (χ0n) is 17.9. The number of fused-ring (bicyclic) bond motifs is 9. The number of rotatable bonds is 3. The third-order valence-electron chi connectivity index (χ3n) is 12.4. The summed E-state index contributed by atoms with van der Waals surface area (Å²) in [5.41, 5.74) is -2.39. The summed E-state index contributed by atoms with van der Waals surface area (Å²) < 4.78 is 45.6. The lowest BCUT2D eigenvalue weighted by molar-refractivity contribution is -0.402. The largest absolute Gasteiger partial charge is 0.397 e. The first-order chi connectivity index (χ1) is 14.3. The molecule has 5 heteroatoms. The second-order valence-corrected chi connectivity index (χ2v) is 13.0.